The van der Waals surface area contributed by atoms with E-state index < -0.39 is 0 Å². The molecule has 2 aromatic heterocycles. The van der Waals surface area contributed by atoms with Gasteiger partial charge in [0, 0.05) is 37.9 Å². The Kier molecular flexibility index (Phi) is 4.56. The zero-order chi connectivity index (χ0) is 17.9. The lowest BCUT2D eigenvalue weighted by Gasteiger charge is -2.32. The number of rotatable bonds is 4. The smallest absolute Gasteiger partial charge is 0.256 e. The minimum atomic E-state index is 0.0848. The standard InChI is InChI=1S/C20H23N5O/c1-2-23-15-21-22-19(23)16-8-7-13-25(14-16)20(26)17-9-3-4-10-18(17)24-11-5-6-12-24/h3-6,9-12,15-16H,2,7-8,13-14H2,1H3. The second-order valence-corrected chi connectivity index (χ2v) is 6.67. The van der Waals surface area contributed by atoms with Crippen molar-refractivity contribution >= 4 is 5.91 Å². The third-order valence-corrected chi connectivity index (χ3v) is 5.08. The van der Waals surface area contributed by atoms with Gasteiger partial charge in [0.1, 0.15) is 12.2 Å². The Hall–Kier alpha value is -2.89. The van der Waals surface area contributed by atoms with Crippen LogP contribution in [0.2, 0.25) is 0 Å². The third kappa shape index (κ3) is 3.03. The Morgan fingerprint density at radius 3 is 2.81 bits per heavy atom. The summed E-state index contributed by atoms with van der Waals surface area (Å²) < 4.78 is 4.06. The maximum Gasteiger partial charge on any atom is 0.256 e. The van der Waals surface area contributed by atoms with E-state index in [4.69, 9.17) is 0 Å². The monoisotopic (exact) mass is 349 g/mol. The first-order chi connectivity index (χ1) is 12.8. The van der Waals surface area contributed by atoms with E-state index in [1.54, 1.807) is 6.33 Å². The maximum absolute atomic E-state index is 13.3. The summed E-state index contributed by atoms with van der Waals surface area (Å²) >= 11 is 0. The van der Waals surface area contributed by atoms with Gasteiger partial charge in [0.15, 0.2) is 0 Å². The van der Waals surface area contributed by atoms with E-state index in [0.717, 1.165) is 43.0 Å². The molecule has 1 aliphatic heterocycles. The molecule has 134 valence electrons. The van der Waals surface area contributed by atoms with E-state index in [1.807, 2.05) is 58.3 Å². The van der Waals surface area contributed by atoms with Gasteiger partial charge in [0.25, 0.3) is 5.91 Å². The normalized spacial score (nSPS) is 17.4. The quantitative estimate of drug-likeness (QED) is 0.727. The van der Waals surface area contributed by atoms with Crippen molar-refractivity contribution in [2.75, 3.05) is 13.1 Å². The van der Waals surface area contributed by atoms with Crippen molar-refractivity contribution in [1.29, 1.82) is 0 Å². The van der Waals surface area contributed by atoms with Crippen molar-refractivity contribution in [2.45, 2.75) is 32.2 Å². The SMILES string of the molecule is CCn1cnnc1C1CCCN(C(=O)c2ccccc2-n2cccc2)C1. The van der Waals surface area contributed by atoms with Crippen LogP contribution in [-0.2, 0) is 6.54 Å². The predicted octanol–water partition coefficient (Wildman–Crippen LogP) is 3.11. The Bertz CT molecular complexity index is 883. The van der Waals surface area contributed by atoms with E-state index in [9.17, 15) is 4.79 Å². The number of aryl methyl sites for hydroxylation is 1. The molecule has 0 bridgehead atoms. The highest BCUT2D eigenvalue weighted by atomic mass is 16.2. The second-order valence-electron chi connectivity index (χ2n) is 6.67. The number of hydrogen-bond acceptors (Lipinski definition) is 3. The van der Waals surface area contributed by atoms with E-state index in [-0.39, 0.29) is 11.8 Å². The van der Waals surface area contributed by atoms with Crippen LogP contribution < -0.4 is 0 Å². The number of nitrogens with zero attached hydrogens (tertiary/aromatic N) is 5. The Labute approximate surface area is 153 Å². The Balaban J connectivity index is 1.59. The van der Waals surface area contributed by atoms with Crippen LogP contribution in [-0.4, -0.2) is 43.2 Å². The fourth-order valence-corrected chi connectivity index (χ4v) is 3.74. The van der Waals surface area contributed by atoms with Crippen LogP contribution in [0.15, 0.2) is 55.1 Å². The summed E-state index contributed by atoms with van der Waals surface area (Å²) in [5.41, 5.74) is 1.66. The molecule has 1 amide bonds. The molecule has 1 atom stereocenters. The van der Waals surface area contributed by atoms with Gasteiger partial charge in [-0.25, -0.2) is 0 Å². The van der Waals surface area contributed by atoms with E-state index in [2.05, 4.69) is 21.7 Å². The molecule has 4 rings (SSSR count). The summed E-state index contributed by atoms with van der Waals surface area (Å²) in [6, 6.07) is 11.7. The van der Waals surface area contributed by atoms with E-state index >= 15 is 0 Å². The summed E-state index contributed by atoms with van der Waals surface area (Å²) in [5, 5.41) is 8.36. The topological polar surface area (TPSA) is 56.0 Å². The van der Waals surface area contributed by atoms with Crippen LogP contribution in [0.4, 0.5) is 0 Å². The number of para-hydroxylation sites is 1. The molecule has 6 heteroatoms. The second kappa shape index (κ2) is 7.15. The van der Waals surface area contributed by atoms with Gasteiger partial charge in [0.05, 0.1) is 11.3 Å². The van der Waals surface area contributed by atoms with Gasteiger partial charge >= 0.3 is 0 Å². The number of amides is 1. The summed E-state index contributed by atoms with van der Waals surface area (Å²) in [6.45, 7) is 4.42. The summed E-state index contributed by atoms with van der Waals surface area (Å²) in [6.07, 6.45) is 7.74. The average molecular weight is 349 g/mol. The number of carbonyl (C=O) groups is 1. The molecule has 0 N–H and O–H groups in total. The summed E-state index contributed by atoms with van der Waals surface area (Å²) in [7, 11) is 0. The van der Waals surface area contributed by atoms with Crippen LogP contribution in [0.1, 0.15) is 41.9 Å². The first kappa shape index (κ1) is 16.6. The van der Waals surface area contributed by atoms with Gasteiger partial charge in [-0.2, -0.15) is 0 Å². The van der Waals surface area contributed by atoms with Crippen molar-refractivity contribution < 1.29 is 4.79 Å². The number of carbonyl (C=O) groups excluding carboxylic acids is 1. The van der Waals surface area contributed by atoms with Gasteiger partial charge < -0.3 is 14.0 Å². The zero-order valence-electron chi connectivity index (χ0n) is 15.0. The van der Waals surface area contributed by atoms with Crippen molar-refractivity contribution in [2.24, 2.45) is 0 Å². The van der Waals surface area contributed by atoms with Gasteiger partial charge in [-0.1, -0.05) is 12.1 Å². The van der Waals surface area contributed by atoms with Crippen molar-refractivity contribution in [1.82, 2.24) is 24.2 Å². The van der Waals surface area contributed by atoms with Crippen LogP contribution in [0.5, 0.6) is 0 Å². The van der Waals surface area contributed by atoms with Gasteiger partial charge in [-0.3, -0.25) is 4.79 Å². The minimum absolute atomic E-state index is 0.0848. The van der Waals surface area contributed by atoms with Crippen LogP contribution in [0.3, 0.4) is 0 Å². The highest BCUT2D eigenvalue weighted by Crippen LogP contribution is 2.27. The summed E-state index contributed by atoms with van der Waals surface area (Å²) in [4.78, 5) is 15.2. The highest BCUT2D eigenvalue weighted by molar-refractivity contribution is 5.97. The first-order valence-corrected chi connectivity index (χ1v) is 9.17. The molecule has 1 aromatic carbocycles. The Morgan fingerprint density at radius 2 is 2.00 bits per heavy atom. The van der Waals surface area contributed by atoms with Crippen LogP contribution in [0, 0.1) is 0 Å². The minimum Gasteiger partial charge on any atom is -0.338 e. The lowest BCUT2D eigenvalue weighted by molar-refractivity contribution is 0.0703. The molecule has 3 aromatic rings. The van der Waals surface area contributed by atoms with Crippen LogP contribution >= 0.6 is 0 Å². The lowest BCUT2D eigenvalue weighted by atomic mass is 9.96. The molecular formula is C20H23N5O. The molecule has 0 radical (unpaired) electrons. The van der Waals surface area contributed by atoms with Gasteiger partial charge in [0.2, 0.25) is 0 Å². The number of likely N-dealkylation sites (tertiary alicyclic amines) is 1. The van der Waals surface area contributed by atoms with Gasteiger partial charge in [-0.15, -0.1) is 10.2 Å². The van der Waals surface area contributed by atoms with E-state index in [1.165, 1.54) is 0 Å². The molecule has 1 aliphatic rings. The average Bonchev–Trinajstić information content (AvgIpc) is 3.39. The fraction of sp³-hybridized carbons (Fsp3) is 0.350. The molecule has 3 heterocycles. The molecule has 1 unspecified atom stereocenters. The van der Waals surface area contributed by atoms with Crippen molar-refractivity contribution in [3.63, 3.8) is 0 Å². The maximum atomic E-state index is 13.3. The molecule has 0 aliphatic carbocycles. The molecule has 1 fully saturated rings. The molecule has 0 spiro atoms. The highest BCUT2D eigenvalue weighted by Gasteiger charge is 2.29. The molecular weight excluding hydrogens is 326 g/mol. The number of piperidine rings is 1. The molecule has 0 saturated carbocycles. The van der Waals surface area contributed by atoms with E-state index in [0.29, 0.717) is 6.54 Å². The molecule has 26 heavy (non-hydrogen) atoms. The first-order valence-electron chi connectivity index (χ1n) is 9.17. The molecule has 1 saturated heterocycles. The fourth-order valence-electron chi connectivity index (χ4n) is 3.74. The number of aromatic nitrogens is 4. The number of hydrogen-bond donors (Lipinski definition) is 0. The molecule has 6 nitrogen and oxygen atoms in total. The van der Waals surface area contributed by atoms with Crippen molar-refractivity contribution in [3.05, 3.63) is 66.5 Å². The number of benzene rings is 1. The third-order valence-electron chi connectivity index (χ3n) is 5.08. The Morgan fingerprint density at radius 1 is 1.19 bits per heavy atom. The van der Waals surface area contributed by atoms with Crippen molar-refractivity contribution in [3.8, 4) is 5.69 Å². The van der Waals surface area contributed by atoms with Crippen LogP contribution in [0.25, 0.3) is 5.69 Å². The zero-order valence-corrected chi connectivity index (χ0v) is 15.0. The largest absolute Gasteiger partial charge is 0.338 e. The van der Waals surface area contributed by atoms with Gasteiger partial charge in [-0.05, 0) is 44.0 Å². The lowest BCUT2D eigenvalue weighted by Crippen LogP contribution is -2.40. The predicted molar refractivity (Wildman–Crippen MR) is 99.3 cm³/mol. The summed E-state index contributed by atoms with van der Waals surface area (Å²) in [5.74, 6) is 1.32.